The summed E-state index contributed by atoms with van der Waals surface area (Å²) in [6.07, 6.45) is 7.72. The van der Waals surface area contributed by atoms with Gasteiger partial charge < -0.3 is 4.42 Å². The van der Waals surface area contributed by atoms with E-state index in [1.165, 1.54) is 60.8 Å². The maximum Gasteiger partial charge on any atom is 0.187 e. The lowest BCUT2D eigenvalue weighted by atomic mass is 9.41. The molecule has 4 aliphatic carbocycles. The molecular formula is C56H42N4O. The molecule has 0 radical (unpaired) electrons. The number of aromatic nitrogens is 3. The Labute approximate surface area is 355 Å². The molecule has 4 aliphatic rings. The van der Waals surface area contributed by atoms with Crippen LogP contribution in [0.4, 0.5) is 5.69 Å². The molecule has 2 aromatic heterocycles. The molecule has 2 unspecified atom stereocenters. The fourth-order valence-corrected chi connectivity index (χ4v) is 11.8. The summed E-state index contributed by atoms with van der Waals surface area (Å²) in [5.74, 6) is 3.43. The molecule has 0 spiro atoms. The van der Waals surface area contributed by atoms with Gasteiger partial charge in [0.2, 0.25) is 0 Å². The van der Waals surface area contributed by atoms with Crippen LogP contribution in [0.2, 0.25) is 0 Å². The predicted octanol–water partition coefficient (Wildman–Crippen LogP) is 14.4. The Morgan fingerprint density at radius 2 is 1.00 bits per heavy atom. The average Bonchev–Trinajstić information content (AvgIpc) is 3.69. The molecule has 61 heavy (non-hydrogen) atoms. The highest BCUT2D eigenvalue weighted by Crippen LogP contribution is 2.66. The molecule has 0 aliphatic heterocycles. The first kappa shape index (κ1) is 35.8. The first-order chi connectivity index (χ1) is 30.0. The van der Waals surface area contributed by atoms with Gasteiger partial charge in [0.05, 0.1) is 6.57 Å². The Hall–Kier alpha value is -7.16. The van der Waals surface area contributed by atoms with Gasteiger partial charge >= 0.3 is 0 Å². The maximum absolute atomic E-state index is 7.54. The second-order valence-corrected chi connectivity index (χ2v) is 17.9. The molecule has 292 valence electrons. The van der Waals surface area contributed by atoms with Crippen molar-refractivity contribution in [3.05, 3.63) is 192 Å². The van der Waals surface area contributed by atoms with Crippen molar-refractivity contribution in [2.24, 2.45) is 11.8 Å². The van der Waals surface area contributed by atoms with Gasteiger partial charge in [-0.1, -0.05) is 133 Å². The number of nitrogens with zero attached hydrogens (tertiary/aromatic N) is 4. The number of furan rings is 1. The van der Waals surface area contributed by atoms with E-state index in [0.717, 1.165) is 61.6 Å². The summed E-state index contributed by atoms with van der Waals surface area (Å²) in [7, 11) is 0. The molecule has 0 N–H and O–H groups in total. The van der Waals surface area contributed by atoms with Crippen LogP contribution >= 0.6 is 0 Å². The quantitative estimate of drug-likeness (QED) is 0.151. The zero-order chi connectivity index (χ0) is 40.5. The molecule has 2 heterocycles. The molecule has 2 atom stereocenters. The molecular weight excluding hydrogens is 745 g/mol. The molecule has 7 aromatic carbocycles. The number of hydrogen-bond donors (Lipinski definition) is 0. The van der Waals surface area contributed by atoms with E-state index in [1.54, 1.807) is 0 Å². The van der Waals surface area contributed by atoms with Crippen LogP contribution in [0.15, 0.2) is 174 Å². The zero-order valence-electron chi connectivity index (χ0n) is 33.8. The van der Waals surface area contributed by atoms with Crippen molar-refractivity contribution in [1.82, 2.24) is 15.0 Å². The van der Waals surface area contributed by atoms with Gasteiger partial charge in [-0.25, -0.2) is 19.8 Å². The monoisotopic (exact) mass is 786 g/mol. The van der Waals surface area contributed by atoms with E-state index in [1.807, 2.05) is 91.0 Å². The Kier molecular flexibility index (Phi) is 8.19. The van der Waals surface area contributed by atoms with Crippen LogP contribution in [0.3, 0.4) is 0 Å². The number of fused-ring (bicyclic) bond motifs is 3. The lowest BCUT2D eigenvalue weighted by Crippen LogP contribution is -2.55. The van der Waals surface area contributed by atoms with Crippen LogP contribution in [0, 0.1) is 18.4 Å². The van der Waals surface area contributed by atoms with Gasteiger partial charge in [-0.3, -0.25) is 0 Å². The van der Waals surface area contributed by atoms with Crippen LogP contribution in [0.1, 0.15) is 49.7 Å². The Bertz CT molecular complexity index is 3110. The largest absolute Gasteiger partial charge is 0.456 e. The Morgan fingerprint density at radius 1 is 0.443 bits per heavy atom. The van der Waals surface area contributed by atoms with Gasteiger partial charge in [0.25, 0.3) is 0 Å². The highest BCUT2D eigenvalue weighted by Gasteiger charge is 2.58. The Morgan fingerprint density at radius 3 is 1.67 bits per heavy atom. The van der Waals surface area contributed by atoms with E-state index >= 15 is 0 Å². The normalized spacial score (nSPS) is 21.5. The van der Waals surface area contributed by atoms with E-state index in [9.17, 15) is 0 Å². The summed E-state index contributed by atoms with van der Waals surface area (Å²) >= 11 is 0. The van der Waals surface area contributed by atoms with Crippen molar-refractivity contribution < 1.29 is 4.42 Å². The lowest BCUT2D eigenvalue weighted by Gasteiger charge is -2.63. The molecule has 13 rings (SSSR count). The summed E-state index contributed by atoms with van der Waals surface area (Å²) in [6.45, 7) is 7.54. The van der Waals surface area contributed by atoms with E-state index in [0.29, 0.717) is 23.2 Å². The fourth-order valence-electron chi connectivity index (χ4n) is 11.8. The van der Waals surface area contributed by atoms with E-state index in [-0.39, 0.29) is 10.8 Å². The third kappa shape index (κ3) is 6.17. The molecule has 0 amide bonds. The average molecular weight is 787 g/mol. The third-order valence-electron chi connectivity index (χ3n) is 14.1. The molecule has 9 aromatic rings. The fraction of sp³-hybridized carbons (Fsp3) is 0.179. The van der Waals surface area contributed by atoms with Gasteiger partial charge in [-0.15, -0.1) is 0 Å². The van der Waals surface area contributed by atoms with Gasteiger partial charge in [0.15, 0.2) is 23.2 Å². The summed E-state index contributed by atoms with van der Waals surface area (Å²) < 4.78 is 6.52. The summed E-state index contributed by atoms with van der Waals surface area (Å²) in [6, 6.07) is 59.9. The maximum atomic E-state index is 7.54. The molecule has 4 saturated carbocycles. The van der Waals surface area contributed by atoms with Crippen LogP contribution < -0.4 is 0 Å². The van der Waals surface area contributed by atoms with Gasteiger partial charge in [-0.2, -0.15) is 0 Å². The minimum Gasteiger partial charge on any atom is -0.456 e. The molecule has 5 nitrogen and oxygen atoms in total. The van der Waals surface area contributed by atoms with E-state index in [2.05, 4.69) is 83.7 Å². The predicted molar refractivity (Wildman–Crippen MR) is 245 cm³/mol. The van der Waals surface area contributed by atoms with Crippen molar-refractivity contribution in [2.75, 3.05) is 0 Å². The topological polar surface area (TPSA) is 56.2 Å². The van der Waals surface area contributed by atoms with Gasteiger partial charge in [0.1, 0.15) is 11.2 Å². The minimum absolute atomic E-state index is 0.195. The summed E-state index contributed by atoms with van der Waals surface area (Å²) in [4.78, 5) is 18.5. The van der Waals surface area contributed by atoms with Crippen molar-refractivity contribution in [3.8, 4) is 56.4 Å². The van der Waals surface area contributed by atoms with Crippen molar-refractivity contribution in [2.45, 2.75) is 49.4 Å². The van der Waals surface area contributed by atoms with Crippen LogP contribution in [0.25, 0.3) is 83.2 Å². The third-order valence-corrected chi connectivity index (χ3v) is 14.1. The van der Waals surface area contributed by atoms with Crippen molar-refractivity contribution in [1.29, 1.82) is 0 Å². The standard InChI is InChI=1S/C56H42N4O/c1-57-47-17-9-15-42(28-47)41-14-8-16-46(27-41)56-33-36-26-37(34-56)32-55(31-36,35-56)45-22-18-38(19-23-45)43-20-24-48-49-29-44(21-25-50(49)61-51(48)30-43)54-59-52(39-10-4-2-5-11-39)58-53(60-54)40-12-6-3-7-13-40/h2-25,27-30,36-37H,26,31-35H2. The first-order valence-electron chi connectivity index (χ1n) is 21.5. The van der Waals surface area contributed by atoms with Crippen LogP contribution in [-0.2, 0) is 10.8 Å². The molecule has 5 heteroatoms. The van der Waals surface area contributed by atoms with Crippen LogP contribution in [0.5, 0.6) is 0 Å². The minimum atomic E-state index is 0.195. The smallest absolute Gasteiger partial charge is 0.187 e. The van der Waals surface area contributed by atoms with Crippen molar-refractivity contribution in [3.63, 3.8) is 0 Å². The van der Waals surface area contributed by atoms with Gasteiger partial charge in [-0.05, 0) is 131 Å². The highest BCUT2D eigenvalue weighted by atomic mass is 16.3. The lowest BCUT2D eigenvalue weighted by molar-refractivity contribution is -0.0281. The molecule has 4 bridgehead atoms. The zero-order valence-corrected chi connectivity index (χ0v) is 33.8. The molecule has 4 fully saturated rings. The highest BCUT2D eigenvalue weighted by molar-refractivity contribution is 6.07. The number of rotatable bonds is 7. The van der Waals surface area contributed by atoms with Crippen molar-refractivity contribution >= 4 is 27.6 Å². The first-order valence-corrected chi connectivity index (χ1v) is 21.5. The van der Waals surface area contributed by atoms with Crippen LogP contribution in [-0.4, -0.2) is 15.0 Å². The summed E-state index contributed by atoms with van der Waals surface area (Å²) in [5, 5.41) is 2.11. The molecule has 0 saturated heterocycles. The number of benzene rings is 7. The summed E-state index contributed by atoms with van der Waals surface area (Å²) in [5.41, 5.74) is 13.3. The second-order valence-electron chi connectivity index (χ2n) is 17.9. The van der Waals surface area contributed by atoms with E-state index in [4.69, 9.17) is 25.9 Å². The SMILES string of the molecule is [C-]#[N+]c1cccc(-c2cccc(C34CC5CC(CC(c6ccc(-c7ccc8c(c7)oc7ccc(-c9nc(-c%10ccccc%10)nc(-c%10ccccc%10)n9)cc78)cc6)(C5)C3)C4)c2)c1. The second kappa shape index (κ2) is 14.0. The van der Waals surface area contributed by atoms with Gasteiger partial charge in [0, 0.05) is 27.5 Å². The Balaban J connectivity index is 0.849. The van der Waals surface area contributed by atoms with E-state index < -0.39 is 0 Å². The number of hydrogen-bond acceptors (Lipinski definition) is 4.